The maximum Gasteiger partial charge on any atom is 0.134 e. The van der Waals surface area contributed by atoms with Crippen molar-refractivity contribution in [3.05, 3.63) is 65.3 Å². The molecular weight excluding hydrogens is 272 g/mol. The molecule has 3 nitrogen and oxygen atoms in total. The summed E-state index contributed by atoms with van der Waals surface area (Å²) in [6, 6.07) is 16.8. The standard InChI is InChI=1S/C16H13ClN2O/c17-16-12(9-11-3-1-2-4-15(11)19-16)10-18-13-5-7-14(20)8-6-13/h1-9,18,20H,10H2. The minimum Gasteiger partial charge on any atom is -0.508 e. The number of nitrogens with one attached hydrogen (secondary N) is 1. The van der Waals surface area contributed by atoms with Gasteiger partial charge in [0.2, 0.25) is 0 Å². The second-order valence-electron chi connectivity index (χ2n) is 4.53. The van der Waals surface area contributed by atoms with Crippen molar-refractivity contribution in [2.75, 3.05) is 5.32 Å². The monoisotopic (exact) mass is 284 g/mol. The van der Waals surface area contributed by atoms with Crippen LogP contribution in [0.25, 0.3) is 10.9 Å². The smallest absolute Gasteiger partial charge is 0.134 e. The van der Waals surface area contributed by atoms with Crippen molar-refractivity contribution in [3.63, 3.8) is 0 Å². The highest BCUT2D eigenvalue weighted by Gasteiger charge is 2.04. The summed E-state index contributed by atoms with van der Waals surface area (Å²) in [5.74, 6) is 0.251. The van der Waals surface area contributed by atoms with Gasteiger partial charge in [-0.2, -0.15) is 0 Å². The largest absolute Gasteiger partial charge is 0.508 e. The topological polar surface area (TPSA) is 45.1 Å². The van der Waals surface area contributed by atoms with Gasteiger partial charge in [0.25, 0.3) is 0 Å². The van der Waals surface area contributed by atoms with Gasteiger partial charge in [0.1, 0.15) is 10.9 Å². The first-order valence-electron chi connectivity index (χ1n) is 6.29. The highest BCUT2D eigenvalue weighted by atomic mass is 35.5. The van der Waals surface area contributed by atoms with Crippen LogP contribution in [0.4, 0.5) is 5.69 Å². The summed E-state index contributed by atoms with van der Waals surface area (Å²) in [6.45, 7) is 0.585. The van der Waals surface area contributed by atoms with Crippen LogP contribution >= 0.6 is 11.6 Å². The van der Waals surface area contributed by atoms with Crippen LogP contribution in [-0.2, 0) is 6.54 Å². The Morgan fingerprint density at radius 3 is 2.60 bits per heavy atom. The van der Waals surface area contributed by atoms with Crippen molar-refractivity contribution in [1.82, 2.24) is 4.98 Å². The van der Waals surface area contributed by atoms with Crippen LogP contribution in [0, 0.1) is 0 Å². The summed E-state index contributed by atoms with van der Waals surface area (Å²) in [5, 5.41) is 14.1. The molecule has 0 bridgehead atoms. The molecule has 3 aromatic rings. The van der Waals surface area contributed by atoms with E-state index in [1.807, 2.05) is 42.5 Å². The van der Waals surface area contributed by atoms with Crippen LogP contribution in [0.15, 0.2) is 54.6 Å². The van der Waals surface area contributed by atoms with Gasteiger partial charge in [0, 0.05) is 23.2 Å². The number of halogens is 1. The minimum absolute atomic E-state index is 0.251. The van der Waals surface area contributed by atoms with E-state index in [-0.39, 0.29) is 5.75 Å². The fraction of sp³-hybridized carbons (Fsp3) is 0.0625. The Morgan fingerprint density at radius 2 is 1.80 bits per heavy atom. The molecule has 0 saturated carbocycles. The lowest BCUT2D eigenvalue weighted by Crippen LogP contribution is -2.01. The molecule has 3 rings (SSSR count). The van der Waals surface area contributed by atoms with Crippen molar-refractivity contribution < 1.29 is 5.11 Å². The van der Waals surface area contributed by atoms with Crippen molar-refractivity contribution in [3.8, 4) is 5.75 Å². The molecule has 0 spiro atoms. The molecule has 0 atom stereocenters. The van der Waals surface area contributed by atoms with Gasteiger partial charge in [-0.25, -0.2) is 4.98 Å². The molecule has 0 fully saturated rings. The number of fused-ring (bicyclic) bond motifs is 1. The van der Waals surface area contributed by atoms with E-state index < -0.39 is 0 Å². The molecule has 4 heteroatoms. The number of phenols is 1. The van der Waals surface area contributed by atoms with E-state index in [1.54, 1.807) is 12.1 Å². The lowest BCUT2D eigenvalue weighted by Gasteiger charge is -2.09. The highest BCUT2D eigenvalue weighted by molar-refractivity contribution is 6.30. The third kappa shape index (κ3) is 2.68. The zero-order valence-electron chi connectivity index (χ0n) is 10.7. The van der Waals surface area contributed by atoms with E-state index in [2.05, 4.69) is 10.3 Å². The van der Waals surface area contributed by atoms with Gasteiger partial charge in [-0.1, -0.05) is 29.8 Å². The Labute approximate surface area is 121 Å². The van der Waals surface area contributed by atoms with Crippen LogP contribution in [-0.4, -0.2) is 10.1 Å². The van der Waals surface area contributed by atoms with E-state index in [0.717, 1.165) is 22.2 Å². The number of aromatic nitrogens is 1. The van der Waals surface area contributed by atoms with E-state index in [0.29, 0.717) is 11.7 Å². The van der Waals surface area contributed by atoms with Gasteiger partial charge in [0.15, 0.2) is 0 Å². The van der Waals surface area contributed by atoms with Gasteiger partial charge in [-0.3, -0.25) is 0 Å². The predicted octanol–water partition coefficient (Wildman–Crippen LogP) is 4.21. The van der Waals surface area contributed by atoms with Gasteiger partial charge in [-0.05, 0) is 36.4 Å². The number of rotatable bonds is 3. The molecule has 2 N–H and O–H groups in total. The van der Waals surface area contributed by atoms with Gasteiger partial charge in [-0.15, -0.1) is 0 Å². The molecule has 0 aliphatic carbocycles. The molecule has 0 aliphatic heterocycles. The number of anilines is 1. The molecular formula is C16H13ClN2O. The zero-order chi connectivity index (χ0) is 13.9. The highest BCUT2D eigenvalue weighted by Crippen LogP contribution is 2.22. The maximum atomic E-state index is 9.25. The summed E-state index contributed by atoms with van der Waals surface area (Å²) in [4.78, 5) is 4.39. The van der Waals surface area contributed by atoms with Gasteiger partial charge >= 0.3 is 0 Å². The number of nitrogens with zero attached hydrogens (tertiary/aromatic N) is 1. The Morgan fingerprint density at radius 1 is 1.05 bits per heavy atom. The first-order chi connectivity index (χ1) is 9.72. The molecule has 0 radical (unpaired) electrons. The number of para-hydroxylation sites is 1. The van der Waals surface area contributed by atoms with Crippen LogP contribution < -0.4 is 5.32 Å². The summed E-state index contributed by atoms with van der Waals surface area (Å²) in [6.07, 6.45) is 0. The maximum absolute atomic E-state index is 9.25. The third-order valence-electron chi connectivity index (χ3n) is 3.10. The first-order valence-corrected chi connectivity index (χ1v) is 6.67. The molecule has 0 unspecified atom stereocenters. The summed E-state index contributed by atoms with van der Waals surface area (Å²) >= 11 is 6.20. The average molecular weight is 285 g/mol. The second kappa shape index (κ2) is 5.39. The zero-order valence-corrected chi connectivity index (χ0v) is 11.4. The Hall–Kier alpha value is -2.26. The quantitative estimate of drug-likeness (QED) is 0.559. The number of hydrogen-bond donors (Lipinski definition) is 2. The van der Waals surface area contributed by atoms with Crippen molar-refractivity contribution in [2.45, 2.75) is 6.54 Å². The molecule has 0 aliphatic rings. The first kappa shape index (κ1) is 12.8. The molecule has 20 heavy (non-hydrogen) atoms. The van der Waals surface area contributed by atoms with Crippen LogP contribution in [0.5, 0.6) is 5.75 Å². The fourth-order valence-electron chi connectivity index (χ4n) is 2.04. The number of benzene rings is 2. The second-order valence-corrected chi connectivity index (χ2v) is 4.89. The number of phenolic OH excluding ortho intramolecular Hbond substituents is 1. The molecule has 0 saturated heterocycles. The van der Waals surface area contributed by atoms with Gasteiger partial charge in [0.05, 0.1) is 5.52 Å². The lowest BCUT2D eigenvalue weighted by molar-refractivity contribution is 0.475. The normalized spacial score (nSPS) is 10.7. The van der Waals surface area contributed by atoms with Crippen molar-refractivity contribution in [2.24, 2.45) is 0 Å². The Bertz CT molecular complexity index is 741. The van der Waals surface area contributed by atoms with Gasteiger partial charge < -0.3 is 10.4 Å². The molecule has 1 aromatic heterocycles. The Kier molecular flexibility index (Phi) is 3.44. The van der Waals surface area contributed by atoms with E-state index in [4.69, 9.17) is 11.6 Å². The number of hydrogen-bond acceptors (Lipinski definition) is 3. The average Bonchev–Trinajstić information content (AvgIpc) is 2.47. The van der Waals surface area contributed by atoms with E-state index in [9.17, 15) is 5.11 Å². The lowest BCUT2D eigenvalue weighted by atomic mass is 10.1. The van der Waals surface area contributed by atoms with Crippen LogP contribution in [0.1, 0.15) is 5.56 Å². The SMILES string of the molecule is Oc1ccc(NCc2cc3ccccc3nc2Cl)cc1. The predicted molar refractivity (Wildman–Crippen MR) is 82.2 cm³/mol. The van der Waals surface area contributed by atoms with Crippen molar-refractivity contribution in [1.29, 1.82) is 0 Å². The molecule has 2 aromatic carbocycles. The summed E-state index contributed by atoms with van der Waals surface area (Å²) in [7, 11) is 0. The Balaban J connectivity index is 1.83. The third-order valence-corrected chi connectivity index (χ3v) is 3.43. The summed E-state index contributed by atoms with van der Waals surface area (Å²) in [5.41, 5.74) is 2.76. The van der Waals surface area contributed by atoms with Crippen molar-refractivity contribution >= 4 is 28.2 Å². The number of pyridine rings is 1. The summed E-state index contributed by atoms with van der Waals surface area (Å²) < 4.78 is 0. The molecule has 1 heterocycles. The fourth-order valence-corrected chi connectivity index (χ4v) is 2.25. The van der Waals surface area contributed by atoms with E-state index >= 15 is 0 Å². The molecule has 100 valence electrons. The van der Waals surface area contributed by atoms with Crippen LogP contribution in [0.3, 0.4) is 0 Å². The van der Waals surface area contributed by atoms with E-state index in [1.165, 1.54) is 0 Å². The molecule has 0 amide bonds. The minimum atomic E-state index is 0.251. The number of aromatic hydroxyl groups is 1. The van der Waals surface area contributed by atoms with Crippen LogP contribution in [0.2, 0.25) is 5.15 Å².